The Hall–Kier alpha value is -2.48. The number of fused-ring (bicyclic) bond motifs is 1. The average molecular weight is 304 g/mol. The Bertz CT molecular complexity index is 804. The number of aliphatic carboxylic acids is 1. The number of hydrogen-bond acceptors (Lipinski definition) is 5. The minimum atomic E-state index is -0.919. The average Bonchev–Trinajstić information content (AvgIpc) is 2.90. The van der Waals surface area contributed by atoms with Crippen LogP contribution in [0, 0.1) is 5.82 Å². The highest BCUT2D eigenvalue weighted by Gasteiger charge is 2.12. The predicted octanol–water partition coefficient (Wildman–Crippen LogP) is 2.13. The molecule has 0 aliphatic carbocycles. The molecule has 8 heteroatoms. The van der Waals surface area contributed by atoms with E-state index in [1.54, 1.807) is 23.0 Å². The molecule has 0 saturated heterocycles. The van der Waals surface area contributed by atoms with E-state index < -0.39 is 5.97 Å². The zero-order valence-corrected chi connectivity index (χ0v) is 11.4. The highest BCUT2D eigenvalue weighted by atomic mass is 32.2. The van der Waals surface area contributed by atoms with E-state index in [9.17, 15) is 9.18 Å². The molecule has 0 radical (unpaired) electrons. The quantitative estimate of drug-likeness (QED) is 0.587. The first-order valence-corrected chi connectivity index (χ1v) is 6.93. The van der Waals surface area contributed by atoms with Crippen LogP contribution in [0.2, 0.25) is 0 Å². The van der Waals surface area contributed by atoms with Crippen molar-refractivity contribution in [3.05, 3.63) is 42.6 Å². The van der Waals surface area contributed by atoms with Gasteiger partial charge in [0.2, 0.25) is 0 Å². The van der Waals surface area contributed by atoms with Gasteiger partial charge in [-0.15, -0.1) is 0 Å². The van der Waals surface area contributed by atoms with E-state index >= 15 is 0 Å². The molecular formula is C13H9FN4O2S. The van der Waals surface area contributed by atoms with Crippen molar-refractivity contribution in [2.45, 2.75) is 5.03 Å². The molecule has 106 valence electrons. The number of carboxylic acids is 1. The molecule has 0 unspecified atom stereocenters. The molecule has 2 aromatic heterocycles. The molecule has 0 atom stereocenters. The van der Waals surface area contributed by atoms with E-state index in [1.165, 1.54) is 18.5 Å². The predicted molar refractivity (Wildman–Crippen MR) is 75.0 cm³/mol. The van der Waals surface area contributed by atoms with Gasteiger partial charge in [-0.1, -0.05) is 11.8 Å². The lowest BCUT2D eigenvalue weighted by atomic mass is 10.3. The van der Waals surface area contributed by atoms with Gasteiger partial charge in [-0.2, -0.15) is 5.10 Å². The lowest BCUT2D eigenvalue weighted by molar-refractivity contribution is -0.133. The summed E-state index contributed by atoms with van der Waals surface area (Å²) in [6.45, 7) is 0. The number of nitrogens with zero attached hydrogens (tertiary/aromatic N) is 4. The van der Waals surface area contributed by atoms with Crippen LogP contribution >= 0.6 is 11.8 Å². The van der Waals surface area contributed by atoms with Gasteiger partial charge in [0.15, 0.2) is 5.65 Å². The number of thioether (sulfide) groups is 1. The first-order chi connectivity index (χ1) is 10.1. The summed E-state index contributed by atoms with van der Waals surface area (Å²) >= 11 is 1.11. The van der Waals surface area contributed by atoms with Crippen molar-refractivity contribution in [2.24, 2.45) is 0 Å². The maximum atomic E-state index is 13.0. The standard InChI is InChI=1S/C13H9FN4O2S/c14-8-1-3-9(4-2-8)18-12-10(5-17-18)13(16-7-15-12)21-6-11(19)20/h1-5,7H,6H2,(H,19,20). The zero-order chi connectivity index (χ0) is 14.8. The third kappa shape index (κ3) is 2.70. The molecule has 3 aromatic rings. The molecule has 2 heterocycles. The summed E-state index contributed by atoms with van der Waals surface area (Å²) in [6.07, 6.45) is 2.93. The molecule has 0 amide bonds. The SMILES string of the molecule is O=C(O)CSc1ncnc2c1cnn2-c1ccc(F)cc1. The molecule has 6 nitrogen and oxygen atoms in total. The van der Waals surface area contributed by atoms with Gasteiger partial charge in [-0.3, -0.25) is 4.79 Å². The number of halogens is 1. The lowest BCUT2D eigenvalue weighted by Crippen LogP contribution is -2.00. The van der Waals surface area contributed by atoms with Gasteiger partial charge in [0.25, 0.3) is 0 Å². The summed E-state index contributed by atoms with van der Waals surface area (Å²) in [5, 5.41) is 14.2. The van der Waals surface area contributed by atoms with Crippen LogP contribution in [0.5, 0.6) is 0 Å². The Morgan fingerprint density at radius 3 is 2.76 bits per heavy atom. The number of aromatic nitrogens is 4. The summed E-state index contributed by atoms with van der Waals surface area (Å²) < 4.78 is 14.5. The molecule has 0 spiro atoms. The van der Waals surface area contributed by atoms with Gasteiger partial charge in [0.05, 0.1) is 23.0 Å². The Morgan fingerprint density at radius 2 is 2.05 bits per heavy atom. The minimum Gasteiger partial charge on any atom is -0.481 e. The fraction of sp³-hybridized carbons (Fsp3) is 0.0769. The second-order valence-electron chi connectivity index (χ2n) is 4.13. The van der Waals surface area contributed by atoms with Gasteiger partial charge in [0, 0.05) is 0 Å². The number of benzene rings is 1. The second kappa shape index (κ2) is 5.49. The third-order valence-corrected chi connectivity index (χ3v) is 3.72. The zero-order valence-electron chi connectivity index (χ0n) is 10.6. The Morgan fingerprint density at radius 1 is 1.29 bits per heavy atom. The van der Waals surface area contributed by atoms with Crippen molar-refractivity contribution < 1.29 is 14.3 Å². The van der Waals surface area contributed by atoms with Crippen LogP contribution in [0.3, 0.4) is 0 Å². The van der Waals surface area contributed by atoms with Crippen molar-refractivity contribution in [1.82, 2.24) is 19.7 Å². The van der Waals surface area contributed by atoms with Crippen molar-refractivity contribution in [2.75, 3.05) is 5.75 Å². The fourth-order valence-electron chi connectivity index (χ4n) is 1.84. The van der Waals surface area contributed by atoms with Gasteiger partial charge in [-0.25, -0.2) is 19.0 Å². The molecule has 0 aliphatic heterocycles. The summed E-state index contributed by atoms with van der Waals surface area (Å²) in [5.41, 5.74) is 1.21. The molecule has 0 aliphatic rings. The smallest absolute Gasteiger partial charge is 0.313 e. The highest BCUT2D eigenvalue weighted by molar-refractivity contribution is 8.00. The maximum Gasteiger partial charge on any atom is 0.313 e. The molecule has 1 aromatic carbocycles. The topological polar surface area (TPSA) is 80.9 Å². The summed E-state index contributed by atoms with van der Waals surface area (Å²) in [4.78, 5) is 18.9. The second-order valence-corrected chi connectivity index (χ2v) is 5.10. The number of carboxylic acid groups (broad SMARTS) is 1. The molecule has 21 heavy (non-hydrogen) atoms. The van der Waals surface area contributed by atoms with E-state index in [0.717, 1.165) is 11.8 Å². The largest absolute Gasteiger partial charge is 0.481 e. The number of carbonyl (C=O) groups is 1. The van der Waals surface area contributed by atoms with Gasteiger partial charge < -0.3 is 5.11 Å². The van der Waals surface area contributed by atoms with Crippen molar-refractivity contribution in [3.8, 4) is 5.69 Å². The third-order valence-electron chi connectivity index (χ3n) is 2.73. The van der Waals surface area contributed by atoms with Crippen LogP contribution < -0.4 is 0 Å². The number of hydrogen-bond donors (Lipinski definition) is 1. The van der Waals surface area contributed by atoms with Crippen LogP contribution in [-0.2, 0) is 4.79 Å². The fourth-order valence-corrected chi connectivity index (χ4v) is 2.52. The van der Waals surface area contributed by atoms with Crippen LogP contribution in [0.15, 0.2) is 41.8 Å². The Kier molecular flexibility index (Phi) is 3.53. The summed E-state index contributed by atoms with van der Waals surface area (Å²) in [5.74, 6) is -1.34. The Balaban J connectivity index is 2.04. The lowest BCUT2D eigenvalue weighted by Gasteiger charge is -2.03. The van der Waals surface area contributed by atoms with Gasteiger partial charge in [0.1, 0.15) is 17.2 Å². The highest BCUT2D eigenvalue weighted by Crippen LogP contribution is 2.25. The molecule has 0 saturated carbocycles. The molecular weight excluding hydrogens is 295 g/mol. The van der Waals surface area contributed by atoms with Crippen LogP contribution in [0.25, 0.3) is 16.7 Å². The minimum absolute atomic E-state index is 0.0894. The molecule has 0 bridgehead atoms. The van der Waals surface area contributed by atoms with Crippen LogP contribution in [0.1, 0.15) is 0 Å². The Labute approximate surface area is 122 Å². The van der Waals surface area contributed by atoms with Crippen molar-refractivity contribution in [1.29, 1.82) is 0 Å². The van der Waals surface area contributed by atoms with E-state index in [2.05, 4.69) is 15.1 Å². The van der Waals surface area contributed by atoms with Crippen LogP contribution in [0.4, 0.5) is 4.39 Å². The monoisotopic (exact) mass is 304 g/mol. The normalized spacial score (nSPS) is 10.9. The van der Waals surface area contributed by atoms with Crippen molar-refractivity contribution >= 4 is 28.8 Å². The van der Waals surface area contributed by atoms with Gasteiger partial charge >= 0.3 is 5.97 Å². The van der Waals surface area contributed by atoms with Crippen molar-refractivity contribution in [3.63, 3.8) is 0 Å². The molecule has 1 N–H and O–H groups in total. The van der Waals surface area contributed by atoms with Gasteiger partial charge in [-0.05, 0) is 24.3 Å². The van der Waals surface area contributed by atoms with E-state index in [0.29, 0.717) is 21.7 Å². The maximum absolute atomic E-state index is 13.0. The van der Waals surface area contributed by atoms with Crippen LogP contribution in [-0.4, -0.2) is 36.6 Å². The van der Waals surface area contributed by atoms with E-state index in [-0.39, 0.29) is 11.6 Å². The molecule has 3 rings (SSSR count). The van der Waals surface area contributed by atoms with E-state index in [4.69, 9.17) is 5.11 Å². The summed E-state index contributed by atoms with van der Waals surface area (Å²) in [6, 6.07) is 5.86. The first kappa shape index (κ1) is 13.5. The first-order valence-electron chi connectivity index (χ1n) is 5.94. The summed E-state index contributed by atoms with van der Waals surface area (Å²) in [7, 11) is 0. The molecule has 0 fully saturated rings. The number of rotatable bonds is 4. The van der Waals surface area contributed by atoms with E-state index in [1.807, 2.05) is 0 Å².